The van der Waals surface area contributed by atoms with Gasteiger partial charge in [0.05, 0.1) is 18.9 Å². The molecule has 0 radical (unpaired) electrons. The Morgan fingerprint density at radius 2 is 2.00 bits per heavy atom. The molecule has 1 aliphatic rings. The summed E-state index contributed by atoms with van der Waals surface area (Å²) in [6.45, 7) is 3.74. The van der Waals surface area contributed by atoms with Gasteiger partial charge in [-0.3, -0.25) is 9.88 Å². The highest BCUT2D eigenvalue weighted by molar-refractivity contribution is 6.31. The Balaban J connectivity index is 1.96. The van der Waals surface area contributed by atoms with Crippen molar-refractivity contribution >= 4 is 11.6 Å². The summed E-state index contributed by atoms with van der Waals surface area (Å²) in [5.41, 5.74) is 1.84. The summed E-state index contributed by atoms with van der Waals surface area (Å²) in [5, 5.41) is 3.80. The zero-order chi connectivity index (χ0) is 16.1. The number of hydrogen-bond donors (Lipinski definition) is 1. The monoisotopic (exact) mass is 333 g/mol. The number of rotatable bonds is 5. The summed E-state index contributed by atoms with van der Waals surface area (Å²) in [6, 6.07) is 3.63. The molecule has 0 saturated carbocycles. The lowest BCUT2D eigenvalue weighted by Crippen LogP contribution is -2.40. The third-order valence-corrected chi connectivity index (χ3v) is 4.19. The quantitative estimate of drug-likeness (QED) is 0.898. The largest absolute Gasteiger partial charge is 0.379 e. The Labute approximate surface area is 140 Å². The van der Waals surface area contributed by atoms with Crippen LogP contribution in [0.5, 0.6) is 0 Å². The molecule has 3 heterocycles. The highest BCUT2D eigenvalue weighted by Crippen LogP contribution is 2.28. The molecule has 7 heteroatoms. The van der Waals surface area contributed by atoms with Crippen molar-refractivity contribution in [2.45, 2.75) is 12.6 Å². The van der Waals surface area contributed by atoms with Gasteiger partial charge in [0.2, 0.25) is 0 Å². The molecule has 0 spiro atoms. The van der Waals surface area contributed by atoms with Gasteiger partial charge in [0.25, 0.3) is 0 Å². The van der Waals surface area contributed by atoms with Gasteiger partial charge in [-0.15, -0.1) is 0 Å². The van der Waals surface area contributed by atoms with Gasteiger partial charge in [-0.1, -0.05) is 11.6 Å². The van der Waals surface area contributed by atoms with Crippen LogP contribution in [0.1, 0.15) is 23.1 Å². The molecule has 0 bridgehead atoms. The molecule has 0 aromatic carbocycles. The van der Waals surface area contributed by atoms with Crippen molar-refractivity contribution in [2.75, 3.05) is 33.4 Å². The molecule has 3 rings (SSSR count). The van der Waals surface area contributed by atoms with E-state index in [1.165, 1.54) is 0 Å². The lowest BCUT2D eigenvalue weighted by atomic mass is 10.1. The lowest BCUT2D eigenvalue weighted by molar-refractivity contribution is 0.0217. The van der Waals surface area contributed by atoms with Gasteiger partial charge in [0.1, 0.15) is 6.04 Å². The van der Waals surface area contributed by atoms with E-state index < -0.39 is 0 Å². The van der Waals surface area contributed by atoms with Gasteiger partial charge >= 0.3 is 0 Å². The smallest absolute Gasteiger partial charge is 0.151 e. The zero-order valence-electron chi connectivity index (χ0n) is 13.1. The molecule has 2 aromatic heterocycles. The molecule has 1 aliphatic heterocycles. The van der Waals surface area contributed by atoms with Crippen LogP contribution in [0.15, 0.2) is 30.7 Å². The van der Waals surface area contributed by atoms with Crippen LogP contribution in [0.25, 0.3) is 0 Å². The van der Waals surface area contributed by atoms with E-state index >= 15 is 0 Å². The number of nitrogens with one attached hydrogen (secondary N) is 1. The van der Waals surface area contributed by atoms with Gasteiger partial charge < -0.3 is 10.1 Å². The molecular formula is C16H20ClN5O. The average molecular weight is 334 g/mol. The Morgan fingerprint density at radius 1 is 1.26 bits per heavy atom. The minimum absolute atomic E-state index is 0.110. The van der Waals surface area contributed by atoms with Crippen molar-refractivity contribution in [1.82, 2.24) is 25.2 Å². The minimum Gasteiger partial charge on any atom is -0.379 e. The van der Waals surface area contributed by atoms with Crippen molar-refractivity contribution in [1.29, 1.82) is 0 Å². The Hall–Kier alpha value is -1.60. The van der Waals surface area contributed by atoms with Crippen molar-refractivity contribution < 1.29 is 4.74 Å². The molecule has 0 amide bonds. The maximum Gasteiger partial charge on any atom is 0.151 e. The molecule has 6 nitrogen and oxygen atoms in total. The summed E-state index contributed by atoms with van der Waals surface area (Å²) in [6.07, 6.45) is 5.34. The van der Waals surface area contributed by atoms with E-state index in [2.05, 4.69) is 25.2 Å². The summed E-state index contributed by atoms with van der Waals surface area (Å²) < 4.78 is 5.46. The molecular weight excluding hydrogens is 314 g/mol. The van der Waals surface area contributed by atoms with Crippen LogP contribution in [0, 0.1) is 0 Å². The van der Waals surface area contributed by atoms with Crippen molar-refractivity contribution in [3.8, 4) is 0 Å². The van der Waals surface area contributed by atoms with Crippen LogP contribution in [0.2, 0.25) is 5.02 Å². The SMILES string of the molecule is CNCc1cnc(C(c2ncccn2)N2CCOCC2)cc1Cl. The summed E-state index contributed by atoms with van der Waals surface area (Å²) in [5.74, 6) is 0.735. The van der Waals surface area contributed by atoms with Gasteiger partial charge in [-0.2, -0.15) is 0 Å². The minimum atomic E-state index is -0.110. The van der Waals surface area contributed by atoms with Crippen molar-refractivity contribution in [3.05, 3.63) is 52.8 Å². The fraction of sp³-hybridized carbons (Fsp3) is 0.438. The van der Waals surface area contributed by atoms with E-state index in [0.717, 1.165) is 30.2 Å². The second-order valence-corrected chi connectivity index (χ2v) is 5.80. The van der Waals surface area contributed by atoms with E-state index in [4.69, 9.17) is 16.3 Å². The van der Waals surface area contributed by atoms with Crippen LogP contribution in [0.4, 0.5) is 0 Å². The van der Waals surface area contributed by atoms with Crippen molar-refractivity contribution in [3.63, 3.8) is 0 Å². The average Bonchev–Trinajstić information content (AvgIpc) is 2.60. The Bertz CT molecular complexity index is 634. The first kappa shape index (κ1) is 16.3. The molecule has 1 atom stereocenters. The molecule has 1 N–H and O–H groups in total. The lowest BCUT2D eigenvalue weighted by Gasteiger charge is -2.33. The van der Waals surface area contributed by atoms with Crippen LogP contribution in [-0.4, -0.2) is 53.2 Å². The fourth-order valence-electron chi connectivity index (χ4n) is 2.71. The van der Waals surface area contributed by atoms with Gasteiger partial charge in [0, 0.05) is 48.8 Å². The van der Waals surface area contributed by atoms with Gasteiger partial charge in [-0.25, -0.2) is 9.97 Å². The maximum absolute atomic E-state index is 6.41. The summed E-state index contributed by atoms with van der Waals surface area (Å²) >= 11 is 6.41. The molecule has 23 heavy (non-hydrogen) atoms. The van der Waals surface area contributed by atoms with Crippen LogP contribution in [0.3, 0.4) is 0 Å². The van der Waals surface area contributed by atoms with Crippen LogP contribution in [-0.2, 0) is 11.3 Å². The Morgan fingerprint density at radius 3 is 2.65 bits per heavy atom. The third kappa shape index (κ3) is 3.84. The van der Waals surface area contributed by atoms with Crippen LogP contribution < -0.4 is 5.32 Å². The number of ether oxygens (including phenoxy) is 1. The second-order valence-electron chi connectivity index (χ2n) is 5.39. The van der Waals surface area contributed by atoms with E-state index in [0.29, 0.717) is 24.8 Å². The highest BCUT2D eigenvalue weighted by Gasteiger charge is 2.28. The van der Waals surface area contributed by atoms with E-state index in [-0.39, 0.29) is 6.04 Å². The van der Waals surface area contributed by atoms with E-state index in [9.17, 15) is 0 Å². The normalized spacial score (nSPS) is 17.1. The molecule has 1 fully saturated rings. The Kier molecular flexibility index (Phi) is 5.51. The van der Waals surface area contributed by atoms with E-state index in [1.54, 1.807) is 12.4 Å². The topological polar surface area (TPSA) is 63.2 Å². The van der Waals surface area contributed by atoms with Gasteiger partial charge in [0.15, 0.2) is 5.82 Å². The first-order chi connectivity index (χ1) is 11.3. The standard InChI is InChI=1S/C16H20ClN5O/c1-18-10-12-11-21-14(9-13(12)17)15(16-19-3-2-4-20-16)22-5-7-23-8-6-22/h2-4,9,11,15,18H,5-8,10H2,1H3. The number of aromatic nitrogens is 3. The predicted octanol–water partition coefficient (Wildman–Crippen LogP) is 1.67. The number of halogens is 1. The molecule has 1 saturated heterocycles. The number of nitrogens with zero attached hydrogens (tertiary/aromatic N) is 4. The maximum atomic E-state index is 6.41. The van der Waals surface area contributed by atoms with Crippen LogP contribution >= 0.6 is 11.6 Å². The number of hydrogen-bond acceptors (Lipinski definition) is 6. The number of morpholine rings is 1. The zero-order valence-corrected chi connectivity index (χ0v) is 13.8. The predicted molar refractivity (Wildman–Crippen MR) is 88.3 cm³/mol. The van der Waals surface area contributed by atoms with Gasteiger partial charge in [-0.05, 0) is 19.2 Å². The molecule has 0 aliphatic carbocycles. The molecule has 1 unspecified atom stereocenters. The van der Waals surface area contributed by atoms with E-state index in [1.807, 2.05) is 25.4 Å². The fourth-order valence-corrected chi connectivity index (χ4v) is 2.94. The second kappa shape index (κ2) is 7.79. The molecule has 122 valence electrons. The highest BCUT2D eigenvalue weighted by atomic mass is 35.5. The summed E-state index contributed by atoms with van der Waals surface area (Å²) in [4.78, 5) is 15.8. The summed E-state index contributed by atoms with van der Waals surface area (Å²) in [7, 11) is 1.89. The molecule has 2 aromatic rings. The first-order valence-electron chi connectivity index (χ1n) is 7.67. The number of pyridine rings is 1. The van der Waals surface area contributed by atoms with Crippen molar-refractivity contribution in [2.24, 2.45) is 0 Å². The third-order valence-electron chi connectivity index (χ3n) is 3.84. The first-order valence-corrected chi connectivity index (χ1v) is 8.05.